The highest BCUT2D eigenvalue weighted by Crippen LogP contribution is 2.32. The highest BCUT2D eigenvalue weighted by molar-refractivity contribution is 6.38. The Morgan fingerprint density at radius 1 is 1.03 bits per heavy atom. The number of nitrogens with zero attached hydrogens (tertiary/aromatic N) is 3. The molecule has 0 spiro atoms. The van der Waals surface area contributed by atoms with E-state index in [-0.39, 0.29) is 33.7 Å². The third-order valence-corrected chi connectivity index (χ3v) is 5.82. The molecule has 0 bridgehead atoms. The number of aliphatic hydroxyl groups is 2. The Morgan fingerprint density at radius 3 is 2.46 bits per heavy atom. The summed E-state index contributed by atoms with van der Waals surface area (Å²) in [4.78, 5) is 29.9. The monoisotopic (exact) mass is 543 g/mol. The molecule has 9 nitrogen and oxygen atoms in total. The minimum absolute atomic E-state index is 0.0392. The number of aliphatic hydroxyl groups excluding tert-OH is 2. The number of rotatable bonds is 8. The summed E-state index contributed by atoms with van der Waals surface area (Å²) in [6, 6.07) is 15.6. The molecule has 1 atom stereocenters. The summed E-state index contributed by atoms with van der Waals surface area (Å²) < 4.78 is 14.7. The minimum atomic E-state index is -1.13. The van der Waals surface area contributed by atoms with Gasteiger partial charge in [-0.3, -0.25) is 14.6 Å². The van der Waals surface area contributed by atoms with Crippen LogP contribution >= 0.6 is 23.2 Å². The number of aromatic nitrogens is 3. The Labute approximate surface area is 220 Å². The number of benzene rings is 2. The minimum Gasteiger partial charge on any atom is -0.394 e. The van der Waals surface area contributed by atoms with Crippen LogP contribution in [0.25, 0.3) is 16.9 Å². The number of amides is 2. The summed E-state index contributed by atoms with van der Waals surface area (Å²) in [6.45, 7) is -0.701. The van der Waals surface area contributed by atoms with Gasteiger partial charge in [-0.05, 0) is 36.4 Å². The number of pyridine rings is 1. The molecule has 12 heteroatoms. The molecule has 4 N–H and O–H groups in total. The smallest absolute Gasteiger partial charge is 0.271 e. The van der Waals surface area contributed by atoms with Gasteiger partial charge in [-0.25, -0.2) is 9.07 Å². The van der Waals surface area contributed by atoms with Crippen molar-refractivity contribution in [3.8, 4) is 16.9 Å². The molecular weight excluding hydrogens is 524 g/mol. The number of hydrogen-bond donors (Lipinski definition) is 4. The van der Waals surface area contributed by atoms with E-state index in [0.29, 0.717) is 16.9 Å². The van der Waals surface area contributed by atoms with Crippen LogP contribution in [0, 0.1) is 5.82 Å². The Kier molecular flexibility index (Phi) is 8.14. The number of carbonyl (C=O) groups excluding carboxylic acids is 2. The Balaban J connectivity index is 1.67. The second kappa shape index (κ2) is 11.5. The molecular formula is C25H20Cl2FN5O4. The third-order valence-electron chi connectivity index (χ3n) is 5.20. The lowest BCUT2D eigenvalue weighted by Crippen LogP contribution is -2.34. The summed E-state index contributed by atoms with van der Waals surface area (Å²) in [5, 5.41) is 28.2. The number of anilines is 1. The average molecular weight is 544 g/mol. The maximum atomic E-state index is 13.3. The van der Waals surface area contributed by atoms with Gasteiger partial charge in [-0.1, -0.05) is 41.4 Å². The van der Waals surface area contributed by atoms with Gasteiger partial charge in [0.05, 0.1) is 45.9 Å². The fraction of sp³-hybridized carbons (Fsp3) is 0.120. The van der Waals surface area contributed by atoms with Crippen molar-refractivity contribution in [3.63, 3.8) is 0 Å². The zero-order valence-corrected chi connectivity index (χ0v) is 20.5. The Morgan fingerprint density at radius 2 is 1.78 bits per heavy atom. The van der Waals surface area contributed by atoms with Crippen molar-refractivity contribution in [2.24, 2.45) is 0 Å². The largest absolute Gasteiger partial charge is 0.394 e. The second-order valence-corrected chi connectivity index (χ2v) is 8.65. The van der Waals surface area contributed by atoms with E-state index >= 15 is 0 Å². The van der Waals surface area contributed by atoms with Crippen molar-refractivity contribution >= 4 is 40.8 Å². The molecule has 2 heterocycles. The predicted octanol–water partition coefficient (Wildman–Crippen LogP) is 3.72. The van der Waals surface area contributed by atoms with E-state index in [2.05, 4.69) is 20.7 Å². The number of hydrogen-bond acceptors (Lipinski definition) is 6. The first-order chi connectivity index (χ1) is 17.8. The first kappa shape index (κ1) is 26.2. The Bertz CT molecular complexity index is 1430. The SMILES string of the molecule is O=C(NC[C@@H](O)CO)c1cc(NC(=O)c2cc(-c3ccc(F)cn3)c(Cl)cc2Cl)n(-c2ccccc2)n1. The Hall–Kier alpha value is -3.83. The van der Waals surface area contributed by atoms with Gasteiger partial charge in [0, 0.05) is 18.2 Å². The maximum absolute atomic E-state index is 13.3. The van der Waals surface area contributed by atoms with Gasteiger partial charge in [0.25, 0.3) is 11.8 Å². The molecule has 2 aromatic carbocycles. The van der Waals surface area contributed by atoms with E-state index in [4.69, 9.17) is 28.3 Å². The van der Waals surface area contributed by atoms with Crippen molar-refractivity contribution in [3.05, 3.63) is 94.0 Å². The summed E-state index contributed by atoms with van der Waals surface area (Å²) in [5.74, 6) is -1.60. The van der Waals surface area contributed by atoms with Crippen LogP contribution in [0.3, 0.4) is 0 Å². The van der Waals surface area contributed by atoms with Crippen molar-refractivity contribution in [2.45, 2.75) is 6.10 Å². The molecule has 0 aliphatic carbocycles. The maximum Gasteiger partial charge on any atom is 0.271 e. The zero-order valence-electron chi connectivity index (χ0n) is 19.0. The molecule has 2 amide bonds. The zero-order chi connectivity index (χ0) is 26.5. The van der Waals surface area contributed by atoms with E-state index in [1.54, 1.807) is 30.3 Å². The normalized spacial score (nSPS) is 11.7. The van der Waals surface area contributed by atoms with E-state index in [1.165, 1.54) is 35.0 Å². The molecule has 4 aromatic rings. The van der Waals surface area contributed by atoms with E-state index in [9.17, 15) is 19.1 Å². The lowest BCUT2D eigenvalue weighted by Gasteiger charge is -2.12. The van der Waals surface area contributed by atoms with Crippen LogP contribution in [0.4, 0.5) is 10.2 Å². The average Bonchev–Trinajstić information content (AvgIpc) is 3.32. The molecule has 4 rings (SSSR count). The van der Waals surface area contributed by atoms with Gasteiger partial charge in [-0.2, -0.15) is 5.10 Å². The standard InChI is InChI=1S/C25H20Cl2FN5O4/c26-19-9-20(27)18(8-17(19)21-7-6-14(28)11-29-21)24(36)31-23-10-22(25(37)30-12-16(35)13-34)32-33(23)15-4-2-1-3-5-15/h1-11,16,34-35H,12-13H2,(H,30,37)(H,31,36)/t16-/m1/s1. The first-order valence-corrected chi connectivity index (χ1v) is 11.7. The lowest BCUT2D eigenvalue weighted by atomic mass is 10.1. The molecule has 37 heavy (non-hydrogen) atoms. The summed E-state index contributed by atoms with van der Waals surface area (Å²) in [5.41, 5.74) is 1.30. The summed E-state index contributed by atoms with van der Waals surface area (Å²) in [6.07, 6.45) is -0.0962. The molecule has 0 unspecified atom stereocenters. The number of para-hydroxylation sites is 1. The van der Waals surface area contributed by atoms with E-state index < -0.39 is 30.3 Å². The van der Waals surface area contributed by atoms with Crippen LogP contribution in [0.1, 0.15) is 20.8 Å². The van der Waals surface area contributed by atoms with Crippen LogP contribution < -0.4 is 10.6 Å². The molecule has 0 saturated heterocycles. The van der Waals surface area contributed by atoms with Gasteiger partial charge in [-0.15, -0.1) is 0 Å². The summed E-state index contributed by atoms with van der Waals surface area (Å²) >= 11 is 12.6. The second-order valence-electron chi connectivity index (χ2n) is 7.84. The molecule has 0 aliphatic heterocycles. The third kappa shape index (κ3) is 6.12. The highest BCUT2D eigenvalue weighted by Gasteiger charge is 2.21. The van der Waals surface area contributed by atoms with Crippen LogP contribution in [0.5, 0.6) is 0 Å². The predicted molar refractivity (Wildman–Crippen MR) is 137 cm³/mol. The van der Waals surface area contributed by atoms with E-state index in [0.717, 1.165) is 6.20 Å². The molecule has 190 valence electrons. The quantitative estimate of drug-likeness (QED) is 0.268. The van der Waals surface area contributed by atoms with Crippen molar-refractivity contribution < 1.29 is 24.2 Å². The van der Waals surface area contributed by atoms with Crippen LogP contribution in [0.2, 0.25) is 10.0 Å². The first-order valence-electron chi connectivity index (χ1n) is 10.9. The van der Waals surface area contributed by atoms with Crippen molar-refractivity contribution in [1.82, 2.24) is 20.1 Å². The van der Waals surface area contributed by atoms with Gasteiger partial charge in [0.15, 0.2) is 5.69 Å². The lowest BCUT2D eigenvalue weighted by molar-refractivity contribution is 0.0798. The van der Waals surface area contributed by atoms with Crippen molar-refractivity contribution in [2.75, 3.05) is 18.5 Å². The summed E-state index contributed by atoms with van der Waals surface area (Å²) in [7, 11) is 0. The fourth-order valence-electron chi connectivity index (χ4n) is 3.35. The van der Waals surface area contributed by atoms with Crippen LogP contribution in [-0.4, -0.2) is 56.0 Å². The van der Waals surface area contributed by atoms with Crippen LogP contribution in [-0.2, 0) is 0 Å². The number of nitrogens with one attached hydrogen (secondary N) is 2. The molecule has 0 aliphatic rings. The number of carbonyl (C=O) groups is 2. The highest BCUT2D eigenvalue weighted by atomic mass is 35.5. The molecule has 0 saturated carbocycles. The van der Waals surface area contributed by atoms with Gasteiger partial charge in [0.1, 0.15) is 11.6 Å². The van der Waals surface area contributed by atoms with Gasteiger partial charge >= 0.3 is 0 Å². The van der Waals surface area contributed by atoms with Crippen LogP contribution in [0.15, 0.2) is 66.9 Å². The molecule has 0 fully saturated rings. The molecule has 2 aromatic heterocycles. The van der Waals surface area contributed by atoms with E-state index in [1.807, 2.05) is 0 Å². The van der Waals surface area contributed by atoms with Crippen molar-refractivity contribution in [1.29, 1.82) is 0 Å². The fourth-order valence-corrected chi connectivity index (χ4v) is 3.92. The molecule has 0 radical (unpaired) electrons. The van der Waals surface area contributed by atoms with Gasteiger partial charge in [0.2, 0.25) is 0 Å². The topological polar surface area (TPSA) is 129 Å². The van der Waals surface area contributed by atoms with Gasteiger partial charge < -0.3 is 20.8 Å². The number of halogens is 3.